The van der Waals surface area contributed by atoms with Crippen molar-refractivity contribution in [3.05, 3.63) is 0 Å². The molecule has 0 spiro atoms. The van der Waals surface area contributed by atoms with Crippen molar-refractivity contribution in [1.82, 2.24) is 5.32 Å². The summed E-state index contributed by atoms with van der Waals surface area (Å²) in [5.74, 6) is 0.840. The van der Waals surface area contributed by atoms with Gasteiger partial charge in [-0.3, -0.25) is 0 Å². The summed E-state index contributed by atoms with van der Waals surface area (Å²) >= 11 is 0. The van der Waals surface area contributed by atoms with Crippen LogP contribution >= 0.6 is 0 Å². The lowest BCUT2D eigenvalue weighted by Gasteiger charge is -2.21. The van der Waals surface area contributed by atoms with Crippen molar-refractivity contribution in [2.75, 3.05) is 13.7 Å². The topological polar surface area (TPSA) is 21.3 Å². The van der Waals surface area contributed by atoms with E-state index in [4.69, 9.17) is 4.74 Å². The first-order valence-electron chi connectivity index (χ1n) is 6.55. The molecule has 2 nitrogen and oxygen atoms in total. The van der Waals surface area contributed by atoms with Gasteiger partial charge in [0, 0.05) is 12.6 Å². The van der Waals surface area contributed by atoms with E-state index in [1.54, 1.807) is 0 Å². The maximum Gasteiger partial charge on any atom is 0.0576 e. The molecule has 0 aromatic carbocycles. The average molecular weight is 213 g/mol. The molecule has 0 radical (unpaired) electrons. The van der Waals surface area contributed by atoms with Crippen molar-refractivity contribution in [2.45, 2.75) is 64.5 Å². The third-order valence-electron chi connectivity index (χ3n) is 3.65. The number of rotatable bonds is 7. The summed E-state index contributed by atoms with van der Waals surface area (Å²) in [4.78, 5) is 0. The van der Waals surface area contributed by atoms with E-state index in [2.05, 4.69) is 26.2 Å². The summed E-state index contributed by atoms with van der Waals surface area (Å²) in [7, 11) is 2.09. The molecule has 3 unspecified atom stereocenters. The highest BCUT2D eigenvalue weighted by atomic mass is 16.5. The fourth-order valence-corrected chi connectivity index (χ4v) is 2.29. The zero-order chi connectivity index (χ0) is 11.1. The molecule has 90 valence electrons. The molecule has 0 aliphatic carbocycles. The van der Waals surface area contributed by atoms with Crippen LogP contribution in [-0.2, 0) is 4.74 Å². The minimum atomic E-state index is 0.554. The fraction of sp³-hybridized carbons (Fsp3) is 1.00. The molecule has 2 heteroatoms. The van der Waals surface area contributed by atoms with E-state index in [-0.39, 0.29) is 0 Å². The number of ether oxygens (including phenoxy) is 1. The first-order valence-corrected chi connectivity index (χ1v) is 6.55. The monoisotopic (exact) mass is 213 g/mol. The second kappa shape index (κ2) is 7.24. The smallest absolute Gasteiger partial charge is 0.0576 e. The summed E-state index contributed by atoms with van der Waals surface area (Å²) in [5.41, 5.74) is 0. The van der Waals surface area contributed by atoms with Crippen LogP contribution in [-0.4, -0.2) is 25.8 Å². The minimum absolute atomic E-state index is 0.554. The molecule has 3 atom stereocenters. The predicted octanol–water partition coefficient (Wildman–Crippen LogP) is 2.97. The Balaban J connectivity index is 2.14. The lowest BCUT2D eigenvalue weighted by atomic mass is 9.95. The van der Waals surface area contributed by atoms with Crippen molar-refractivity contribution < 1.29 is 4.74 Å². The lowest BCUT2D eigenvalue weighted by Crippen LogP contribution is -2.28. The van der Waals surface area contributed by atoms with E-state index in [0.29, 0.717) is 12.1 Å². The van der Waals surface area contributed by atoms with Gasteiger partial charge >= 0.3 is 0 Å². The van der Waals surface area contributed by atoms with Crippen LogP contribution in [0, 0.1) is 5.92 Å². The van der Waals surface area contributed by atoms with E-state index in [9.17, 15) is 0 Å². The van der Waals surface area contributed by atoms with Gasteiger partial charge in [0.2, 0.25) is 0 Å². The van der Waals surface area contributed by atoms with Gasteiger partial charge in [-0.25, -0.2) is 0 Å². The largest absolute Gasteiger partial charge is 0.378 e. The van der Waals surface area contributed by atoms with Crippen molar-refractivity contribution in [2.24, 2.45) is 5.92 Å². The summed E-state index contributed by atoms with van der Waals surface area (Å²) in [5, 5.41) is 3.44. The summed E-state index contributed by atoms with van der Waals surface area (Å²) in [6, 6.07) is 0.684. The highest BCUT2D eigenvalue weighted by Gasteiger charge is 2.18. The van der Waals surface area contributed by atoms with E-state index >= 15 is 0 Å². The molecule has 1 heterocycles. The Bertz CT molecular complexity index is 155. The van der Waals surface area contributed by atoms with E-state index in [1.807, 2.05) is 0 Å². The third-order valence-corrected chi connectivity index (χ3v) is 3.65. The molecule has 0 aromatic heterocycles. The van der Waals surface area contributed by atoms with Crippen molar-refractivity contribution in [3.8, 4) is 0 Å². The van der Waals surface area contributed by atoms with Gasteiger partial charge in [-0.05, 0) is 45.1 Å². The molecule has 1 N–H and O–H groups in total. The number of hydrogen-bond donors (Lipinski definition) is 1. The van der Waals surface area contributed by atoms with Crippen molar-refractivity contribution in [1.29, 1.82) is 0 Å². The number of nitrogens with one attached hydrogen (secondary N) is 1. The normalized spacial score (nSPS) is 25.4. The van der Waals surface area contributed by atoms with Gasteiger partial charge in [-0.1, -0.05) is 20.3 Å². The molecule has 0 bridgehead atoms. The SMILES string of the molecule is CCC(C)CC(CCC1CCCO1)NC. The van der Waals surface area contributed by atoms with E-state index < -0.39 is 0 Å². The predicted molar refractivity (Wildman–Crippen MR) is 65.1 cm³/mol. The second-order valence-corrected chi connectivity index (χ2v) is 4.95. The Morgan fingerprint density at radius 3 is 2.80 bits per heavy atom. The lowest BCUT2D eigenvalue weighted by molar-refractivity contribution is 0.0989. The highest BCUT2D eigenvalue weighted by Crippen LogP contribution is 2.20. The second-order valence-electron chi connectivity index (χ2n) is 4.95. The van der Waals surface area contributed by atoms with Gasteiger partial charge in [0.1, 0.15) is 0 Å². The van der Waals surface area contributed by atoms with Gasteiger partial charge in [0.05, 0.1) is 6.10 Å². The van der Waals surface area contributed by atoms with Crippen LogP contribution in [0.5, 0.6) is 0 Å². The quantitative estimate of drug-likeness (QED) is 0.702. The molecule has 1 saturated heterocycles. The molecule has 1 rings (SSSR count). The van der Waals surface area contributed by atoms with Gasteiger partial charge < -0.3 is 10.1 Å². The van der Waals surface area contributed by atoms with Crippen LogP contribution in [0.25, 0.3) is 0 Å². The first-order chi connectivity index (χ1) is 7.26. The van der Waals surface area contributed by atoms with Crippen LogP contribution in [0.4, 0.5) is 0 Å². The van der Waals surface area contributed by atoms with Gasteiger partial charge in [0.15, 0.2) is 0 Å². The van der Waals surface area contributed by atoms with Gasteiger partial charge in [0.25, 0.3) is 0 Å². The summed E-state index contributed by atoms with van der Waals surface area (Å²) in [6.07, 6.45) is 8.20. The summed E-state index contributed by atoms with van der Waals surface area (Å²) in [6.45, 7) is 5.61. The minimum Gasteiger partial charge on any atom is -0.378 e. The average Bonchev–Trinajstić information content (AvgIpc) is 2.76. The Labute approximate surface area is 94.8 Å². The van der Waals surface area contributed by atoms with Crippen LogP contribution in [0.15, 0.2) is 0 Å². The van der Waals surface area contributed by atoms with Crippen molar-refractivity contribution >= 4 is 0 Å². The standard InChI is InChI=1S/C13H27NO/c1-4-11(2)10-12(14-3)7-8-13-6-5-9-15-13/h11-14H,4-10H2,1-3H3. The molecule has 0 saturated carbocycles. The van der Waals surface area contributed by atoms with Crippen LogP contribution < -0.4 is 5.32 Å². The first kappa shape index (κ1) is 13.0. The Hall–Kier alpha value is -0.0800. The maximum atomic E-state index is 5.65. The maximum absolute atomic E-state index is 5.65. The number of hydrogen-bond acceptors (Lipinski definition) is 2. The Kier molecular flexibility index (Phi) is 6.26. The zero-order valence-corrected chi connectivity index (χ0v) is 10.6. The zero-order valence-electron chi connectivity index (χ0n) is 10.6. The van der Waals surface area contributed by atoms with Crippen molar-refractivity contribution in [3.63, 3.8) is 0 Å². The molecule has 1 fully saturated rings. The van der Waals surface area contributed by atoms with E-state index in [1.165, 1.54) is 38.5 Å². The van der Waals surface area contributed by atoms with Crippen LogP contribution in [0.1, 0.15) is 52.4 Å². The van der Waals surface area contributed by atoms with Gasteiger partial charge in [-0.2, -0.15) is 0 Å². The molecule has 15 heavy (non-hydrogen) atoms. The molecular formula is C13H27NO. The summed E-state index contributed by atoms with van der Waals surface area (Å²) < 4.78 is 5.65. The molecule has 0 aromatic rings. The van der Waals surface area contributed by atoms with Gasteiger partial charge in [-0.15, -0.1) is 0 Å². The highest BCUT2D eigenvalue weighted by molar-refractivity contribution is 4.72. The molecule has 0 amide bonds. The van der Waals surface area contributed by atoms with E-state index in [0.717, 1.165) is 12.5 Å². The Morgan fingerprint density at radius 2 is 2.27 bits per heavy atom. The molecule has 1 aliphatic heterocycles. The van der Waals surface area contributed by atoms with Crippen LogP contribution in [0.2, 0.25) is 0 Å². The fourth-order valence-electron chi connectivity index (χ4n) is 2.29. The third kappa shape index (κ3) is 4.98. The van der Waals surface area contributed by atoms with Crippen LogP contribution in [0.3, 0.4) is 0 Å². The Morgan fingerprint density at radius 1 is 1.47 bits per heavy atom. The molecular weight excluding hydrogens is 186 g/mol. The molecule has 1 aliphatic rings.